The van der Waals surface area contributed by atoms with Gasteiger partial charge in [-0.1, -0.05) is 41.9 Å². The summed E-state index contributed by atoms with van der Waals surface area (Å²) < 4.78 is 87.2. The summed E-state index contributed by atoms with van der Waals surface area (Å²) in [5.74, 6) is -5.94. The third kappa shape index (κ3) is 7.60. The summed E-state index contributed by atoms with van der Waals surface area (Å²) in [4.78, 5) is 27.8. The van der Waals surface area contributed by atoms with Crippen LogP contribution in [0.2, 0.25) is 5.02 Å². The number of methoxy groups -OCH3 is 1. The second-order valence-electron chi connectivity index (χ2n) is 12.2. The number of rotatable bonds is 10. The number of aromatic hydroxyl groups is 1. The summed E-state index contributed by atoms with van der Waals surface area (Å²) in [6.07, 6.45) is -9.85. The fourth-order valence-electron chi connectivity index (χ4n) is 6.81. The number of allylic oxidation sites excluding steroid dienone is 1. The maximum atomic E-state index is 13.8. The van der Waals surface area contributed by atoms with Crippen LogP contribution < -0.4 is 4.90 Å². The second-order valence-corrected chi connectivity index (χ2v) is 12.6. The Morgan fingerprint density at radius 1 is 0.980 bits per heavy atom. The number of ether oxygens (including phenoxy) is 1. The highest BCUT2D eigenvalue weighted by molar-refractivity contribution is 6.32. The molecule has 0 spiro atoms. The Balaban J connectivity index is 1.49. The molecule has 0 bridgehead atoms. The summed E-state index contributed by atoms with van der Waals surface area (Å²) in [6, 6.07) is 14.1. The van der Waals surface area contributed by atoms with Crippen LogP contribution in [0.5, 0.6) is 5.75 Å². The molecule has 0 aromatic heterocycles. The van der Waals surface area contributed by atoms with Gasteiger partial charge in [0.15, 0.2) is 0 Å². The number of hydrogen-bond donors (Lipinski definition) is 3. The molecule has 3 aromatic carbocycles. The number of alkyl halides is 6. The lowest BCUT2D eigenvalue weighted by Crippen LogP contribution is -2.39. The van der Waals surface area contributed by atoms with Crippen LogP contribution in [0.1, 0.15) is 41.5 Å². The molecule has 1 aliphatic heterocycles. The summed E-state index contributed by atoms with van der Waals surface area (Å²) in [5.41, 5.74) is -1.56. The van der Waals surface area contributed by atoms with Gasteiger partial charge in [0.1, 0.15) is 5.75 Å². The lowest BCUT2D eigenvalue weighted by Gasteiger charge is -2.36. The number of fused-ring (bicyclic) bond motifs is 1. The van der Waals surface area contributed by atoms with Gasteiger partial charge in [-0.2, -0.15) is 26.3 Å². The third-order valence-corrected chi connectivity index (χ3v) is 9.36. The zero-order chi connectivity index (χ0) is 36.5. The van der Waals surface area contributed by atoms with Gasteiger partial charge in [-0.05, 0) is 89.6 Å². The van der Waals surface area contributed by atoms with Gasteiger partial charge >= 0.3 is 12.4 Å². The Morgan fingerprint density at radius 2 is 1.62 bits per heavy atom. The number of carbonyl (C=O) groups excluding carboxylic acids is 2. The van der Waals surface area contributed by atoms with Crippen LogP contribution in [0, 0.1) is 17.8 Å². The van der Waals surface area contributed by atoms with Crippen molar-refractivity contribution >= 4 is 40.8 Å². The van der Waals surface area contributed by atoms with Crippen molar-refractivity contribution in [3.8, 4) is 5.75 Å². The van der Waals surface area contributed by atoms with Crippen LogP contribution >= 0.6 is 11.6 Å². The zero-order valence-corrected chi connectivity index (χ0v) is 27.2. The summed E-state index contributed by atoms with van der Waals surface area (Å²) >= 11 is 6.35. The number of aliphatic hydroxyl groups is 2. The van der Waals surface area contributed by atoms with E-state index in [1.54, 1.807) is 12.1 Å². The maximum absolute atomic E-state index is 13.8. The first-order chi connectivity index (χ1) is 23.5. The first-order valence-electron chi connectivity index (χ1n) is 15.5. The average molecular weight is 724 g/mol. The van der Waals surface area contributed by atoms with E-state index in [-0.39, 0.29) is 48.3 Å². The van der Waals surface area contributed by atoms with Crippen LogP contribution in [0.25, 0.3) is 11.6 Å². The molecule has 266 valence electrons. The smallest absolute Gasteiger partial charge is 0.416 e. The molecule has 14 heteroatoms. The molecule has 7 nitrogen and oxygen atoms in total. The number of aliphatic hydroxyl groups excluding tert-OH is 2. The standard InChI is InChI=1S/C36H32ClF6NO6/c1-50-18-22-12-27-32(34(49)44(33(27)48)25-14-23(35(38,39)40)13-24(15-25)36(41,42)43)28(17-45)31(22)30(47)10-8-20(19-5-3-2-4-6-19)11-21-7-9-26(46)16-29(21)37/h2-7,9,11,13-16,27-28,30,32,45-47H,8,10,12,17-18H2,1H3/b20-11-/t27-,28+,30-,32-/m1/s1. The van der Waals surface area contributed by atoms with Gasteiger partial charge in [-0.15, -0.1) is 0 Å². The monoisotopic (exact) mass is 723 g/mol. The summed E-state index contributed by atoms with van der Waals surface area (Å²) in [5, 5.41) is 32.3. The minimum Gasteiger partial charge on any atom is -0.508 e. The van der Waals surface area contributed by atoms with Gasteiger partial charge in [0.25, 0.3) is 0 Å². The Morgan fingerprint density at radius 3 is 2.18 bits per heavy atom. The van der Waals surface area contributed by atoms with Crippen molar-refractivity contribution in [2.45, 2.75) is 37.7 Å². The van der Waals surface area contributed by atoms with Crippen LogP contribution in [0.3, 0.4) is 0 Å². The van der Waals surface area contributed by atoms with E-state index in [1.165, 1.54) is 19.2 Å². The zero-order valence-electron chi connectivity index (χ0n) is 26.4. The van der Waals surface area contributed by atoms with Crippen molar-refractivity contribution in [1.82, 2.24) is 0 Å². The molecular formula is C36H32ClF6NO6. The fraction of sp³-hybridized carbons (Fsp3) is 0.333. The van der Waals surface area contributed by atoms with Gasteiger partial charge in [-0.25, -0.2) is 4.90 Å². The van der Waals surface area contributed by atoms with Gasteiger partial charge in [0, 0.05) is 13.0 Å². The van der Waals surface area contributed by atoms with E-state index in [0.717, 1.165) is 11.1 Å². The number of phenolic OH excluding ortho intramolecular Hbond substituents is 1. The Bertz CT molecular complexity index is 1790. The molecule has 2 amide bonds. The number of imide groups is 1. The average Bonchev–Trinajstić information content (AvgIpc) is 3.31. The normalized spacial score (nSPS) is 20.8. The first-order valence-corrected chi connectivity index (χ1v) is 15.8. The number of carbonyl (C=O) groups is 2. The molecule has 1 heterocycles. The SMILES string of the molecule is COCC1=C([C@H](O)CC/C(=C/c2ccc(O)cc2Cl)c2ccccc2)[C@H](CO)[C@@H]2C(=O)N(c3cc(C(F)(F)F)cc(C(F)(F)F)c3)C(=O)[C@@H]2C1. The van der Waals surface area contributed by atoms with E-state index < -0.39 is 71.4 Å². The van der Waals surface area contributed by atoms with Crippen molar-refractivity contribution in [3.05, 3.63) is 105 Å². The lowest BCUT2D eigenvalue weighted by atomic mass is 9.68. The molecule has 3 N–H and O–H groups in total. The summed E-state index contributed by atoms with van der Waals surface area (Å²) in [6.45, 7) is -0.881. The summed E-state index contributed by atoms with van der Waals surface area (Å²) in [7, 11) is 1.35. The van der Waals surface area contributed by atoms with Crippen molar-refractivity contribution in [2.75, 3.05) is 25.2 Å². The van der Waals surface area contributed by atoms with Crippen LogP contribution in [0.15, 0.2) is 77.9 Å². The molecule has 50 heavy (non-hydrogen) atoms. The van der Waals surface area contributed by atoms with Crippen molar-refractivity contribution in [2.24, 2.45) is 17.8 Å². The van der Waals surface area contributed by atoms with Crippen LogP contribution in [-0.4, -0.2) is 53.6 Å². The van der Waals surface area contributed by atoms with E-state index >= 15 is 0 Å². The van der Waals surface area contributed by atoms with Crippen molar-refractivity contribution < 1.29 is 56.0 Å². The lowest BCUT2D eigenvalue weighted by molar-refractivity contribution is -0.143. The number of nitrogens with zero attached hydrogens (tertiary/aromatic N) is 1. The van der Waals surface area contributed by atoms with E-state index in [2.05, 4.69) is 0 Å². The molecule has 0 saturated carbocycles. The van der Waals surface area contributed by atoms with Crippen LogP contribution in [0.4, 0.5) is 32.0 Å². The Kier molecular flexibility index (Phi) is 10.8. The molecule has 5 rings (SSSR count). The predicted molar refractivity (Wildman–Crippen MR) is 173 cm³/mol. The van der Waals surface area contributed by atoms with E-state index in [4.69, 9.17) is 16.3 Å². The molecule has 4 atom stereocenters. The quantitative estimate of drug-likeness (QED) is 0.0865. The highest BCUT2D eigenvalue weighted by atomic mass is 35.5. The van der Waals surface area contributed by atoms with E-state index in [1.807, 2.05) is 30.3 Å². The predicted octanol–water partition coefficient (Wildman–Crippen LogP) is 7.53. The largest absolute Gasteiger partial charge is 0.508 e. The second kappa shape index (κ2) is 14.6. The van der Waals surface area contributed by atoms with Gasteiger partial charge in [0.05, 0.1) is 53.0 Å². The minimum absolute atomic E-state index is 0.0283. The van der Waals surface area contributed by atoms with Crippen molar-refractivity contribution in [3.63, 3.8) is 0 Å². The van der Waals surface area contributed by atoms with Gasteiger partial charge in [0.2, 0.25) is 11.8 Å². The van der Waals surface area contributed by atoms with Crippen LogP contribution in [-0.2, 0) is 26.7 Å². The third-order valence-electron chi connectivity index (χ3n) is 9.03. The van der Waals surface area contributed by atoms with E-state index in [9.17, 15) is 51.3 Å². The number of anilines is 1. The first kappa shape index (κ1) is 37.1. The molecular weight excluding hydrogens is 692 g/mol. The number of halogens is 7. The van der Waals surface area contributed by atoms with Gasteiger partial charge < -0.3 is 20.1 Å². The minimum atomic E-state index is -5.21. The van der Waals surface area contributed by atoms with Gasteiger partial charge in [-0.3, -0.25) is 9.59 Å². The highest BCUT2D eigenvalue weighted by Crippen LogP contribution is 2.49. The Labute approximate surface area is 288 Å². The molecule has 1 fully saturated rings. The number of hydrogen-bond acceptors (Lipinski definition) is 6. The highest BCUT2D eigenvalue weighted by Gasteiger charge is 2.55. The van der Waals surface area contributed by atoms with Crippen molar-refractivity contribution in [1.29, 1.82) is 0 Å². The number of benzene rings is 3. The maximum Gasteiger partial charge on any atom is 0.416 e. The Hall–Kier alpha value is -4.17. The fourth-order valence-corrected chi connectivity index (χ4v) is 7.04. The molecule has 1 saturated heterocycles. The molecule has 2 aliphatic rings. The molecule has 3 aromatic rings. The van der Waals surface area contributed by atoms with E-state index in [0.29, 0.717) is 28.2 Å². The molecule has 0 radical (unpaired) electrons. The topological polar surface area (TPSA) is 107 Å². The number of phenols is 1. The number of amides is 2. The molecule has 1 aliphatic carbocycles. The molecule has 0 unspecified atom stereocenters.